The number of amides is 1. The summed E-state index contributed by atoms with van der Waals surface area (Å²) in [6.45, 7) is 6.64. The highest BCUT2D eigenvalue weighted by atomic mass is 32.2. The zero-order chi connectivity index (χ0) is 15.7. The molecule has 6 heteroatoms. The highest BCUT2D eigenvalue weighted by Crippen LogP contribution is 2.25. The molecule has 0 aromatic heterocycles. The summed E-state index contributed by atoms with van der Waals surface area (Å²) in [6, 6.07) is 0.101. The molecule has 0 spiro atoms. The summed E-state index contributed by atoms with van der Waals surface area (Å²) in [5.41, 5.74) is -0.454. The maximum absolute atomic E-state index is 12.5. The minimum Gasteiger partial charge on any atom is -0.341 e. The third-order valence-corrected chi connectivity index (χ3v) is 6.36. The van der Waals surface area contributed by atoms with Crippen LogP contribution < -0.4 is 4.72 Å². The highest BCUT2D eigenvalue weighted by Gasteiger charge is 2.37. The first-order valence-electron chi connectivity index (χ1n) is 8.01. The van der Waals surface area contributed by atoms with Crippen LogP contribution in [-0.4, -0.2) is 43.6 Å². The molecule has 1 aliphatic carbocycles. The second kappa shape index (κ2) is 6.24. The van der Waals surface area contributed by atoms with Gasteiger partial charge in [-0.25, -0.2) is 13.1 Å². The Hall–Kier alpha value is -0.620. The van der Waals surface area contributed by atoms with Gasteiger partial charge in [0, 0.05) is 24.5 Å². The van der Waals surface area contributed by atoms with Crippen molar-refractivity contribution in [2.75, 3.05) is 13.1 Å². The average Bonchev–Trinajstić information content (AvgIpc) is 2.89. The molecular formula is C15H28N2O3S. The fourth-order valence-electron chi connectivity index (χ4n) is 3.22. The molecule has 1 saturated carbocycles. The summed E-state index contributed by atoms with van der Waals surface area (Å²) < 4.78 is 27.9. The van der Waals surface area contributed by atoms with Crippen LogP contribution in [0, 0.1) is 5.41 Å². The first-order valence-corrected chi connectivity index (χ1v) is 9.55. The smallest absolute Gasteiger partial charge is 0.227 e. The van der Waals surface area contributed by atoms with Gasteiger partial charge in [0.05, 0.1) is 5.25 Å². The van der Waals surface area contributed by atoms with Crippen molar-refractivity contribution in [1.29, 1.82) is 0 Å². The molecule has 2 aliphatic rings. The fourth-order valence-corrected chi connectivity index (χ4v) is 4.97. The molecule has 0 aromatic carbocycles. The number of likely N-dealkylation sites (tertiary alicyclic amines) is 1. The van der Waals surface area contributed by atoms with E-state index in [0.717, 1.165) is 32.1 Å². The molecular weight excluding hydrogens is 288 g/mol. The number of piperidine rings is 1. The van der Waals surface area contributed by atoms with E-state index >= 15 is 0 Å². The van der Waals surface area contributed by atoms with Gasteiger partial charge in [-0.05, 0) is 25.7 Å². The van der Waals surface area contributed by atoms with Crippen LogP contribution in [-0.2, 0) is 14.8 Å². The van der Waals surface area contributed by atoms with Crippen LogP contribution in [0.15, 0.2) is 0 Å². The van der Waals surface area contributed by atoms with E-state index in [1.807, 2.05) is 20.8 Å². The molecule has 5 nitrogen and oxygen atoms in total. The van der Waals surface area contributed by atoms with Crippen LogP contribution in [0.25, 0.3) is 0 Å². The molecule has 2 fully saturated rings. The summed E-state index contributed by atoms with van der Waals surface area (Å²) in [4.78, 5) is 14.1. The SMILES string of the molecule is CC(C)(C)C(=O)N1CCC[C@@H](S(=O)(=O)NC2CCCC2)C1. The third-order valence-electron chi connectivity index (χ3n) is 4.43. The van der Waals surface area contributed by atoms with E-state index in [4.69, 9.17) is 0 Å². The molecule has 2 rings (SSSR count). The Morgan fingerprint density at radius 2 is 1.71 bits per heavy atom. The first-order chi connectivity index (χ1) is 9.70. The van der Waals surface area contributed by atoms with Gasteiger partial charge in [-0.2, -0.15) is 0 Å². The summed E-state index contributed by atoms with van der Waals surface area (Å²) in [7, 11) is -3.32. The maximum Gasteiger partial charge on any atom is 0.227 e. The van der Waals surface area contributed by atoms with E-state index in [1.54, 1.807) is 4.90 Å². The van der Waals surface area contributed by atoms with Gasteiger partial charge in [0.2, 0.25) is 15.9 Å². The lowest BCUT2D eigenvalue weighted by Crippen LogP contribution is -2.52. The van der Waals surface area contributed by atoms with Gasteiger partial charge in [0.15, 0.2) is 0 Å². The number of carbonyl (C=O) groups is 1. The number of sulfonamides is 1. The van der Waals surface area contributed by atoms with Crippen molar-refractivity contribution in [2.45, 2.75) is 70.6 Å². The van der Waals surface area contributed by atoms with E-state index in [2.05, 4.69) is 4.72 Å². The Balaban J connectivity index is 2.01. The highest BCUT2D eigenvalue weighted by molar-refractivity contribution is 7.90. The Morgan fingerprint density at radius 3 is 2.29 bits per heavy atom. The largest absolute Gasteiger partial charge is 0.341 e. The summed E-state index contributed by atoms with van der Waals surface area (Å²) in [5.74, 6) is 0.0447. The van der Waals surface area contributed by atoms with Crippen LogP contribution >= 0.6 is 0 Å². The molecule has 0 unspecified atom stereocenters. The van der Waals surface area contributed by atoms with Gasteiger partial charge in [-0.3, -0.25) is 4.79 Å². The van der Waals surface area contributed by atoms with Crippen molar-refractivity contribution < 1.29 is 13.2 Å². The molecule has 0 aromatic rings. The lowest BCUT2D eigenvalue weighted by Gasteiger charge is -2.36. The molecule has 1 heterocycles. The molecule has 1 saturated heterocycles. The van der Waals surface area contributed by atoms with Crippen molar-refractivity contribution >= 4 is 15.9 Å². The van der Waals surface area contributed by atoms with Crippen molar-refractivity contribution in [3.63, 3.8) is 0 Å². The van der Waals surface area contributed by atoms with Crippen LogP contribution in [0.3, 0.4) is 0 Å². The second-order valence-corrected chi connectivity index (χ2v) is 9.40. The van der Waals surface area contributed by atoms with E-state index in [9.17, 15) is 13.2 Å². The van der Waals surface area contributed by atoms with Gasteiger partial charge in [0.25, 0.3) is 0 Å². The lowest BCUT2D eigenvalue weighted by molar-refractivity contribution is -0.140. The predicted molar refractivity (Wildman–Crippen MR) is 83.4 cm³/mol. The Morgan fingerprint density at radius 1 is 1.10 bits per heavy atom. The quantitative estimate of drug-likeness (QED) is 0.864. The number of hydrogen-bond donors (Lipinski definition) is 1. The van der Waals surface area contributed by atoms with Gasteiger partial charge in [-0.1, -0.05) is 33.6 Å². The molecule has 21 heavy (non-hydrogen) atoms. The first kappa shape index (κ1) is 16.7. The number of rotatable bonds is 3. The molecule has 122 valence electrons. The average molecular weight is 316 g/mol. The van der Waals surface area contributed by atoms with Crippen molar-refractivity contribution in [3.8, 4) is 0 Å². The van der Waals surface area contributed by atoms with E-state index in [0.29, 0.717) is 19.5 Å². The van der Waals surface area contributed by atoms with Crippen molar-refractivity contribution in [3.05, 3.63) is 0 Å². The van der Waals surface area contributed by atoms with Crippen molar-refractivity contribution in [1.82, 2.24) is 9.62 Å². The predicted octanol–water partition coefficient (Wildman–Crippen LogP) is 1.89. The Bertz CT molecular complexity index is 476. The zero-order valence-electron chi connectivity index (χ0n) is 13.4. The lowest BCUT2D eigenvalue weighted by atomic mass is 9.93. The van der Waals surface area contributed by atoms with E-state index in [1.165, 1.54) is 0 Å². The third kappa shape index (κ3) is 4.19. The minimum atomic E-state index is -3.32. The summed E-state index contributed by atoms with van der Waals surface area (Å²) >= 11 is 0. The van der Waals surface area contributed by atoms with Crippen LogP contribution in [0.2, 0.25) is 0 Å². The second-order valence-electron chi connectivity index (χ2n) is 7.41. The van der Waals surface area contributed by atoms with Gasteiger partial charge < -0.3 is 4.90 Å². The Kier molecular flexibility index (Phi) is 4.98. The standard InChI is InChI=1S/C15H28N2O3S/c1-15(2,3)14(18)17-10-6-9-13(11-17)21(19,20)16-12-7-4-5-8-12/h12-13,16H,4-11H2,1-3H3/t13-/m1/s1. The fraction of sp³-hybridized carbons (Fsp3) is 0.933. The molecule has 1 atom stereocenters. The van der Waals surface area contributed by atoms with Crippen LogP contribution in [0.5, 0.6) is 0 Å². The normalized spacial score (nSPS) is 25.3. The van der Waals surface area contributed by atoms with E-state index < -0.39 is 20.7 Å². The number of nitrogens with zero attached hydrogens (tertiary/aromatic N) is 1. The van der Waals surface area contributed by atoms with Crippen LogP contribution in [0.4, 0.5) is 0 Å². The summed E-state index contributed by atoms with van der Waals surface area (Å²) in [6.07, 6.45) is 5.50. The monoisotopic (exact) mass is 316 g/mol. The minimum absolute atomic E-state index is 0.0447. The molecule has 1 N–H and O–H groups in total. The van der Waals surface area contributed by atoms with Gasteiger partial charge in [-0.15, -0.1) is 0 Å². The molecule has 0 bridgehead atoms. The summed E-state index contributed by atoms with van der Waals surface area (Å²) in [5, 5.41) is -0.460. The number of hydrogen-bond acceptors (Lipinski definition) is 3. The zero-order valence-corrected chi connectivity index (χ0v) is 14.2. The van der Waals surface area contributed by atoms with Gasteiger partial charge >= 0.3 is 0 Å². The number of nitrogens with one attached hydrogen (secondary N) is 1. The molecule has 1 aliphatic heterocycles. The molecule has 1 amide bonds. The van der Waals surface area contributed by atoms with Gasteiger partial charge in [0.1, 0.15) is 0 Å². The van der Waals surface area contributed by atoms with Crippen molar-refractivity contribution in [2.24, 2.45) is 5.41 Å². The molecule has 0 radical (unpaired) electrons. The number of carbonyl (C=O) groups excluding carboxylic acids is 1. The van der Waals surface area contributed by atoms with E-state index in [-0.39, 0.29) is 11.9 Å². The topological polar surface area (TPSA) is 66.5 Å². The maximum atomic E-state index is 12.5. The van der Waals surface area contributed by atoms with Crippen LogP contribution in [0.1, 0.15) is 59.3 Å². The Labute approximate surface area is 128 Å².